The first kappa shape index (κ1) is 14.3. The molecule has 3 nitrogen and oxygen atoms in total. The zero-order valence-corrected chi connectivity index (χ0v) is 13.0. The summed E-state index contributed by atoms with van der Waals surface area (Å²) in [5.41, 5.74) is 2.61. The van der Waals surface area contributed by atoms with Gasteiger partial charge in [-0.3, -0.25) is 9.78 Å². The molecule has 1 saturated heterocycles. The monoisotopic (exact) mass is 284 g/mol. The summed E-state index contributed by atoms with van der Waals surface area (Å²) in [4.78, 5) is 19.1. The molecule has 1 aromatic rings. The predicted molar refractivity (Wildman–Crippen MR) is 83.6 cm³/mol. The van der Waals surface area contributed by atoms with Gasteiger partial charge in [-0.25, -0.2) is 0 Å². The maximum atomic E-state index is 12.7. The summed E-state index contributed by atoms with van der Waals surface area (Å²) in [7, 11) is 0. The highest BCUT2D eigenvalue weighted by molar-refractivity contribution is 5.80. The second kappa shape index (κ2) is 5.28. The van der Waals surface area contributed by atoms with Gasteiger partial charge in [0.25, 0.3) is 0 Å². The molecule has 0 aromatic carbocycles. The van der Waals surface area contributed by atoms with Crippen LogP contribution in [0.15, 0.2) is 36.7 Å². The van der Waals surface area contributed by atoms with Crippen LogP contribution in [0.2, 0.25) is 0 Å². The highest BCUT2D eigenvalue weighted by Gasteiger charge is 2.58. The summed E-state index contributed by atoms with van der Waals surface area (Å²) in [6.45, 7) is 8.86. The lowest BCUT2D eigenvalue weighted by Crippen LogP contribution is -2.64. The van der Waals surface area contributed by atoms with Crippen LogP contribution in [0.3, 0.4) is 0 Å². The van der Waals surface area contributed by atoms with Crippen LogP contribution in [0.5, 0.6) is 0 Å². The first-order valence-electron chi connectivity index (χ1n) is 7.88. The molecule has 1 aliphatic carbocycles. The van der Waals surface area contributed by atoms with Crippen molar-refractivity contribution < 1.29 is 4.79 Å². The van der Waals surface area contributed by atoms with Crippen molar-refractivity contribution in [3.63, 3.8) is 0 Å². The lowest BCUT2D eigenvalue weighted by Gasteiger charge is -2.63. The Hall–Kier alpha value is -1.64. The number of carbonyl (C=O) groups is 1. The van der Waals surface area contributed by atoms with Crippen LogP contribution in [0.4, 0.5) is 0 Å². The molecular formula is C18H24N2O. The Labute approximate surface area is 127 Å². The average molecular weight is 284 g/mol. The Morgan fingerprint density at radius 3 is 2.86 bits per heavy atom. The molecule has 3 heteroatoms. The summed E-state index contributed by atoms with van der Waals surface area (Å²) >= 11 is 0. The van der Waals surface area contributed by atoms with E-state index in [4.69, 9.17) is 0 Å². The number of hydrogen-bond acceptors (Lipinski definition) is 2. The lowest BCUT2D eigenvalue weighted by atomic mass is 9.56. The number of hydrogen-bond donors (Lipinski definition) is 0. The Balaban J connectivity index is 1.80. The summed E-state index contributed by atoms with van der Waals surface area (Å²) < 4.78 is 0. The number of likely N-dealkylation sites (tertiary alicyclic amines) is 1. The molecule has 1 amide bonds. The van der Waals surface area contributed by atoms with E-state index in [2.05, 4.69) is 22.5 Å². The Morgan fingerprint density at radius 1 is 1.57 bits per heavy atom. The second-order valence-electron chi connectivity index (χ2n) is 6.93. The molecule has 2 aliphatic rings. The molecule has 1 spiro atoms. The van der Waals surface area contributed by atoms with E-state index >= 15 is 0 Å². The zero-order valence-electron chi connectivity index (χ0n) is 13.0. The molecule has 0 bridgehead atoms. The highest BCUT2D eigenvalue weighted by Crippen LogP contribution is 2.60. The van der Waals surface area contributed by atoms with E-state index in [9.17, 15) is 4.79 Å². The number of aromatic nitrogens is 1. The van der Waals surface area contributed by atoms with Crippen LogP contribution < -0.4 is 0 Å². The standard InChI is InChI=1S/C18H24N2O/c1-13(2)10-14(3)17(21)20-12-18(7-5-8-18)16(20)15-6-4-9-19-11-15/h4,6,9,11,14,16H,1,5,7-8,10,12H2,2-3H3. The third kappa shape index (κ3) is 2.39. The van der Waals surface area contributed by atoms with Gasteiger partial charge < -0.3 is 4.90 Å². The average Bonchev–Trinajstić information content (AvgIpc) is 2.36. The normalized spacial score (nSPS) is 24.1. The van der Waals surface area contributed by atoms with Crippen molar-refractivity contribution in [1.29, 1.82) is 0 Å². The van der Waals surface area contributed by atoms with Crippen molar-refractivity contribution in [3.8, 4) is 0 Å². The first-order chi connectivity index (χ1) is 10.0. The molecule has 2 atom stereocenters. The van der Waals surface area contributed by atoms with Crippen LogP contribution in [-0.2, 0) is 4.79 Å². The summed E-state index contributed by atoms with van der Waals surface area (Å²) in [5.74, 6) is 0.295. The van der Waals surface area contributed by atoms with Crippen LogP contribution in [0.25, 0.3) is 0 Å². The smallest absolute Gasteiger partial charge is 0.226 e. The van der Waals surface area contributed by atoms with Gasteiger partial charge >= 0.3 is 0 Å². The van der Waals surface area contributed by atoms with E-state index in [0.29, 0.717) is 5.41 Å². The predicted octanol–water partition coefficient (Wildman–Crippen LogP) is 3.74. The number of carbonyl (C=O) groups excluding carboxylic acids is 1. The van der Waals surface area contributed by atoms with Crippen LogP contribution in [0.1, 0.15) is 51.1 Å². The van der Waals surface area contributed by atoms with E-state index in [1.165, 1.54) is 24.8 Å². The van der Waals surface area contributed by atoms with Crippen molar-refractivity contribution in [2.24, 2.45) is 11.3 Å². The summed E-state index contributed by atoms with van der Waals surface area (Å²) in [6.07, 6.45) is 8.28. The van der Waals surface area contributed by atoms with Crippen LogP contribution in [0, 0.1) is 11.3 Å². The SMILES string of the molecule is C=C(C)CC(C)C(=O)N1CC2(CCC2)C1c1cccnc1. The van der Waals surface area contributed by atoms with Gasteiger partial charge in [-0.1, -0.05) is 25.0 Å². The zero-order chi connectivity index (χ0) is 15.0. The van der Waals surface area contributed by atoms with E-state index in [0.717, 1.165) is 18.5 Å². The Morgan fingerprint density at radius 2 is 2.33 bits per heavy atom. The molecule has 0 N–H and O–H groups in total. The number of pyridine rings is 1. The van der Waals surface area contributed by atoms with E-state index in [-0.39, 0.29) is 17.9 Å². The molecule has 112 valence electrons. The van der Waals surface area contributed by atoms with Gasteiger partial charge in [0.15, 0.2) is 0 Å². The number of allylic oxidation sites excluding steroid dienone is 1. The fraction of sp³-hybridized carbons (Fsp3) is 0.556. The maximum absolute atomic E-state index is 12.7. The molecule has 21 heavy (non-hydrogen) atoms. The third-order valence-corrected chi connectivity index (χ3v) is 5.09. The van der Waals surface area contributed by atoms with Gasteiger partial charge in [0, 0.05) is 30.3 Å². The molecule has 1 aliphatic heterocycles. The van der Waals surface area contributed by atoms with Crippen LogP contribution >= 0.6 is 0 Å². The Bertz CT molecular complexity index is 548. The fourth-order valence-electron chi connectivity index (χ4n) is 3.97. The van der Waals surface area contributed by atoms with Crippen molar-refractivity contribution in [2.45, 2.75) is 45.6 Å². The topological polar surface area (TPSA) is 33.2 Å². The maximum Gasteiger partial charge on any atom is 0.226 e. The molecule has 0 radical (unpaired) electrons. The molecule has 2 heterocycles. The minimum absolute atomic E-state index is 0.0269. The number of nitrogens with zero attached hydrogens (tertiary/aromatic N) is 2. The summed E-state index contributed by atoms with van der Waals surface area (Å²) in [5, 5.41) is 0. The quantitative estimate of drug-likeness (QED) is 0.789. The van der Waals surface area contributed by atoms with Gasteiger partial charge in [0.05, 0.1) is 6.04 Å². The van der Waals surface area contributed by atoms with Crippen LogP contribution in [-0.4, -0.2) is 22.3 Å². The van der Waals surface area contributed by atoms with Crippen molar-refractivity contribution in [3.05, 3.63) is 42.2 Å². The van der Waals surface area contributed by atoms with Gasteiger partial charge in [-0.2, -0.15) is 0 Å². The molecule has 2 unspecified atom stereocenters. The van der Waals surface area contributed by atoms with Gasteiger partial charge in [-0.15, -0.1) is 6.58 Å². The fourth-order valence-corrected chi connectivity index (χ4v) is 3.97. The van der Waals surface area contributed by atoms with Gasteiger partial charge in [-0.05, 0) is 37.8 Å². The Kier molecular flexibility index (Phi) is 3.60. The van der Waals surface area contributed by atoms with Crippen molar-refractivity contribution in [2.75, 3.05) is 6.54 Å². The molecular weight excluding hydrogens is 260 g/mol. The van der Waals surface area contributed by atoms with Crippen molar-refractivity contribution in [1.82, 2.24) is 9.88 Å². The van der Waals surface area contributed by atoms with Gasteiger partial charge in [0.2, 0.25) is 5.91 Å². The van der Waals surface area contributed by atoms with E-state index in [1.807, 2.05) is 26.1 Å². The minimum atomic E-state index is 0.0269. The van der Waals surface area contributed by atoms with E-state index < -0.39 is 0 Å². The number of rotatable bonds is 4. The molecule has 2 fully saturated rings. The molecule has 1 aromatic heterocycles. The highest BCUT2D eigenvalue weighted by atomic mass is 16.2. The molecule has 1 saturated carbocycles. The lowest BCUT2D eigenvalue weighted by molar-refractivity contribution is -0.172. The van der Waals surface area contributed by atoms with Crippen molar-refractivity contribution >= 4 is 5.91 Å². The van der Waals surface area contributed by atoms with Gasteiger partial charge in [0.1, 0.15) is 0 Å². The second-order valence-corrected chi connectivity index (χ2v) is 6.93. The molecule has 3 rings (SSSR count). The number of amides is 1. The first-order valence-corrected chi connectivity index (χ1v) is 7.88. The third-order valence-electron chi connectivity index (χ3n) is 5.09. The van der Waals surface area contributed by atoms with E-state index in [1.54, 1.807) is 6.20 Å². The largest absolute Gasteiger partial charge is 0.334 e. The summed E-state index contributed by atoms with van der Waals surface area (Å²) in [6, 6.07) is 4.32. The minimum Gasteiger partial charge on any atom is -0.334 e.